The predicted octanol–water partition coefficient (Wildman–Crippen LogP) is 3.68. The van der Waals surface area contributed by atoms with E-state index in [1.807, 2.05) is 24.3 Å². The SMILES string of the molecule is COc1ccc(CN2CCN(Cc3cccc(Cl)c3)CC2)c(OC)c1OC. The molecule has 1 aliphatic rings. The first-order chi connectivity index (χ1) is 13.1. The Bertz CT molecular complexity index is 761. The van der Waals surface area contributed by atoms with Crippen molar-refractivity contribution in [3.63, 3.8) is 0 Å². The topological polar surface area (TPSA) is 34.2 Å². The van der Waals surface area contributed by atoms with Crippen LogP contribution in [0.5, 0.6) is 17.2 Å². The second-order valence-electron chi connectivity index (χ2n) is 6.68. The molecule has 0 unspecified atom stereocenters. The van der Waals surface area contributed by atoms with Crippen LogP contribution in [0.4, 0.5) is 0 Å². The van der Waals surface area contributed by atoms with Crippen molar-refractivity contribution in [2.75, 3.05) is 47.5 Å². The molecule has 0 amide bonds. The van der Waals surface area contributed by atoms with Crippen LogP contribution in [0.25, 0.3) is 0 Å². The summed E-state index contributed by atoms with van der Waals surface area (Å²) in [7, 11) is 4.94. The van der Waals surface area contributed by atoms with Crippen LogP contribution in [0.2, 0.25) is 5.02 Å². The quantitative estimate of drug-likeness (QED) is 0.720. The molecule has 0 bridgehead atoms. The average Bonchev–Trinajstić information content (AvgIpc) is 2.69. The lowest BCUT2D eigenvalue weighted by Crippen LogP contribution is -2.45. The van der Waals surface area contributed by atoms with Gasteiger partial charge < -0.3 is 14.2 Å². The fourth-order valence-electron chi connectivity index (χ4n) is 3.53. The summed E-state index contributed by atoms with van der Waals surface area (Å²) in [4.78, 5) is 4.91. The molecule has 27 heavy (non-hydrogen) atoms. The molecule has 0 saturated carbocycles. The van der Waals surface area contributed by atoms with Gasteiger partial charge in [0.1, 0.15) is 0 Å². The van der Waals surface area contributed by atoms with Gasteiger partial charge in [0.25, 0.3) is 0 Å². The van der Waals surface area contributed by atoms with E-state index in [-0.39, 0.29) is 0 Å². The molecule has 0 N–H and O–H groups in total. The van der Waals surface area contributed by atoms with E-state index in [1.165, 1.54) is 5.56 Å². The average molecular weight is 391 g/mol. The van der Waals surface area contributed by atoms with Crippen LogP contribution < -0.4 is 14.2 Å². The number of hydrogen-bond acceptors (Lipinski definition) is 5. The minimum absolute atomic E-state index is 0.650. The lowest BCUT2D eigenvalue weighted by molar-refractivity contribution is 0.121. The molecule has 6 heteroatoms. The van der Waals surface area contributed by atoms with Crippen molar-refractivity contribution in [1.29, 1.82) is 0 Å². The molecule has 2 aromatic carbocycles. The minimum Gasteiger partial charge on any atom is -0.493 e. The standard InChI is InChI=1S/C21H27ClN2O3/c1-25-19-8-7-17(20(26-2)21(19)27-3)15-24-11-9-23(10-12-24)14-16-5-4-6-18(22)13-16/h4-8,13H,9-12,14-15H2,1-3H3. The van der Waals surface area contributed by atoms with Crippen LogP contribution in [-0.4, -0.2) is 57.3 Å². The zero-order valence-electron chi connectivity index (χ0n) is 16.2. The number of nitrogens with zero attached hydrogens (tertiary/aromatic N) is 2. The molecule has 0 spiro atoms. The summed E-state index contributed by atoms with van der Waals surface area (Å²) < 4.78 is 16.5. The van der Waals surface area contributed by atoms with Gasteiger partial charge in [-0.05, 0) is 23.8 Å². The fraction of sp³-hybridized carbons (Fsp3) is 0.429. The van der Waals surface area contributed by atoms with Gasteiger partial charge in [0.2, 0.25) is 5.75 Å². The van der Waals surface area contributed by atoms with Gasteiger partial charge in [-0.2, -0.15) is 0 Å². The Morgan fingerprint density at radius 2 is 1.48 bits per heavy atom. The van der Waals surface area contributed by atoms with Crippen molar-refractivity contribution in [3.05, 3.63) is 52.5 Å². The van der Waals surface area contributed by atoms with E-state index >= 15 is 0 Å². The first-order valence-electron chi connectivity index (χ1n) is 9.11. The van der Waals surface area contributed by atoms with Gasteiger partial charge in [0.15, 0.2) is 11.5 Å². The number of benzene rings is 2. The third-order valence-electron chi connectivity index (χ3n) is 4.94. The molecule has 1 saturated heterocycles. The molecule has 0 atom stereocenters. The second-order valence-corrected chi connectivity index (χ2v) is 7.11. The smallest absolute Gasteiger partial charge is 0.203 e. The highest BCUT2D eigenvalue weighted by Crippen LogP contribution is 2.40. The largest absolute Gasteiger partial charge is 0.493 e. The van der Waals surface area contributed by atoms with Gasteiger partial charge in [0, 0.05) is 49.9 Å². The van der Waals surface area contributed by atoms with E-state index in [0.717, 1.165) is 55.6 Å². The van der Waals surface area contributed by atoms with Crippen LogP contribution in [0.3, 0.4) is 0 Å². The van der Waals surface area contributed by atoms with Crippen LogP contribution in [0.15, 0.2) is 36.4 Å². The summed E-state index contributed by atoms with van der Waals surface area (Å²) in [5.74, 6) is 2.08. The monoisotopic (exact) mass is 390 g/mol. The van der Waals surface area contributed by atoms with Crippen LogP contribution >= 0.6 is 11.6 Å². The molecular weight excluding hydrogens is 364 g/mol. The summed E-state index contributed by atoms with van der Waals surface area (Å²) >= 11 is 6.09. The summed E-state index contributed by atoms with van der Waals surface area (Å²) in [6.45, 7) is 5.85. The van der Waals surface area contributed by atoms with Crippen molar-refractivity contribution < 1.29 is 14.2 Å². The van der Waals surface area contributed by atoms with Gasteiger partial charge >= 0.3 is 0 Å². The van der Waals surface area contributed by atoms with E-state index < -0.39 is 0 Å². The van der Waals surface area contributed by atoms with Crippen LogP contribution in [0, 0.1) is 0 Å². The van der Waals surface area contributed by atoms with Crippen molar-refractivity contribution in [2.24, 2.45) is 0 Å². The van der Waals surface area contributed by atoms with Crippen molar-refractivity contribution >= 4 is 11.6 Å². The molecule has 0 aromatic heterocycles. The lowest BCUT2D eigenvalue weighted by Gasteiger charge is -2.35. The van der Waals surface area contributed by atoms with Gasteiger partial charge in [-0.15, -0.1) is 0 Å². The summed E-state index contributed by atoms with van der Waals surface area (Å²) in [6.07, 6.45) is 0. The Morgan fingerprint density at radius 1 is 0.815 bits per heavy atom. The van der Waals surface area contributed by atoms with Gasteiger partial charge in [-0.3, -0.25) is 9.80 Å². The van der Waals surface area contributed by atoms with E-state index in [1.54, 1.807) is 21.3 Å². The van der Waals surface area contributed by atoms with E-state index in [9.17, 15) is 0 Å². The first kappa shape index (κ1) is 19.8. The number of hydrogen-bond donors (Lipinski definition) is 0. The zero-order chi connectivity index (χ0) is 19.2. The molecule has 146 valence electrons. The minimum atomic E-state index is 0.650. The Hall–Kier alpha value is -1.95. The summed E-state index contributed by atoms with van der Waals surface area (Å²) in [6, 6.07) is 12.1. The van der Waals surface area contributed by atoms with E-state index in [2.05, 4.69) is 21.9 Å². The lowest BCUT2D eigenvalue weighted by atomic mass is 10.1. The normalized spacial score (nSPS) is 15.6. The van der Waals surface area contributed by atoms with Crippen molar-refractivity contribution in [3.8, 4) is 17.2 Å². The Balaban J connectivity index is 1.61. The number of halogens is 1. The second kappa shape index (κ2) is 9.31. The number of piperazine rings is 1. The highest BCUT2D eigenvalue weighted by Gasteiger charge is 2.21. The number of methoxy groups -OCH3 is 3. The maximum absolute atomic E-state index is 6.09. The molecular formula is C21H27ClN2O3. The summed E-state index contributed by atoms with van der Waals surface area (Å²) in [5.41, 5.74) is 2.37. The van der Waals surface area contributed by atoms with E-state index in [0.29, 0.717) is 11.5 Å². The molecule has 1 heterocycles. The predicted molar refractivity (Wildman–Crippen MR) is 108 cm³/mol. The molecule has 0 radical (unpaired) electrons. The molecule has 5 nitrogen and oxygen atoms in total. The first-order valence-corrected chi connectivity index (χ1v) is 9.49. The number of rotatable bonds is 7. The summed E-state index contributed by atoms with van der Waals surface area (Å²) in [5, 5.41) is 0.798. The van der Waals surface area contributed by atoms with Gasteiger partial charge in [0.05, 0.1) is 21.3 Å². The van der Waals surface area contributed by atoms with Gasteiger partial charge in [-0.1, -0.05) is 29.8 Å². The number of ether oxygens (including phenoxy) is 3. The van der Waals surface area contributed by atoms with Crippen LogP contribution in [-0.2, 0) is 13.1 Å². The Kier molecular flexibility index (Phi) is 6.83. The molecule has 2 aromatic rings. The maximum Gasteiger partial charge on any atom is 0.203 e. The third kappa shape index (κ3) is 4.86. The molecule has 1 aliphatic heterocycles. The molecule has 0 aliphatic carbocycles. The zero-order valence-corrected chi connectivity index (χ0v) is 17.0. The van der Waals surface area contributed by atoms with Crippen LogP contribution in [0.1, 0.15) is 11.1 Å². The Morgan fingerprint density at radius 3 is 2.07 bits per heavy atom. The van der Waals surface area contributed by atoms with Gasteiger partial charge in [-0.25, -0.2) is 0 Å². The van der Waals surface area contributed by atoms with Crippen molar-refractivity contribution in [2.45, 2.75) is 13.1 Å². The highest BCUT2D eigenvalue weighted by molar-refractivity contribution is 6.30. The van der Waals surface area contributed by atoms with E-state index in [4.69, 9.17) is 25.8 Å². The highest BCUT2D eigenvalue weighted by atomic mass is 35.5. The Labute approximate surface area is 166 Å². The maximum atomic E-state index is 6.09. The molecule has 1 fully saturated rings. The third-order valence-corrected chi connectivity index (χ3v) is 5.17. The van der Waals surface area contributed by atoms with Crippen molar-refractivity contribution in [1.82, 2.24) is 9.80 Å². The molecule has 3 rings (SSSR count). The fourth-order valence-corrected chi connectivity index (χ4v) is 3.74.